The highest BCUT2D eigenvalue weighted by Gasteiger charge is 2.14. The zero-order valence-electron chi connectivity index (χ0n) is 16.3. The van der Waals surface area contributed by atoms with Crippen molar-refractivity contribution in [3.05, 3.63) is 85.2 Å². The van der Waals surface area contributed by atoms with Crippen LogP contribution in [0.4, 0.5) is 0 Å². The Bertz CT molecular complexity index is 1270. The third kappa shape index (κ3) is 3.93. The van der Waals surface area contributed by atoms with Crippen molar-refractivity contribution in [3.63, 3.8) is 0 Å². The Hall–Kier alpha value is -2.64. The smallest absolute Gasteiger partial charge is 0.303 e. The van der Waals surface area contributed by atoms with Crippen molar-refractivity contribution in [3.8, 4) is 5.69 Å². The van der Waals surface area contributed by atoms with E-state index < -0.39 is 0 Å². The number of thioether (sulfide) groups is 1. The summed E-state index contributed by atoms with van der Waals surface area (Å²) in [6.07, 6.45) is 0.946. The summed E-state index contributed by atoms with van der Waals surface area (Å²) in [7, 11) is 0. The van der Waals surface area contributed by atoms with Gasteiger partial charge in [-0.15, -0.1) is 0 Å². The first-order valence-corrected chi connectivity index (χ1v) is 11.3. The molecule has 0 spiro atoms. The van der Waals surface area contributed by atoms with Gasteiger partial charge in [0.25, 0.3) is 5.56 Å². The quantitative estimate of drug-likeness (QED) is 0.343. The van der Waals surface area contributed by atoms with E-state index in [0.29, 0.717) is 28.4 Å². The molecule has 4 aromatic rings. The molecule has 2 aromatic carbocycles. The second kappa shape index (κ2) is 8.39. The number of thiazole rings is 1. The zero-order valence-corrected chi connectivity index (χ0v) is 17.9. The Morgan fingerprint density at radius 3 is 2.52 bits per heavy atom. The number of nitrogens with zero attached hydrogens (tertiary/aromatic N) is 3. The van der Waals surface area contributed by atoms with Crippen LogP contribution in [0.15, 0.2) is 68.7 Å². The lowest BCUT2D eigenvalue weighted by Crippen LogP contribution is -2.22. The van der Waals surface area contributed by atoms with Gasteiger partial charge in [0.2, 0.25) is 0 Å². The molecule has 0 amide bonds. The van der Waals surface area contributed by atoms with E-state index in [2.05, 4.69) is 6.92 Å². The van der Waals surface area contributed by atoms with Crippen molar-refractivity contribution in [1.82, 2.24) is 14.1 Å². The largest absolute Gasteiger partial charge is 0.307 e. The Kier molecular flexibility index (Phi) is 5.69. The van der Waals surface area contributed by atoms with Crippen LogP contribution < -0.4 is 10.4 Å². The lowest BCUT2D eigenvalue weighted by molar-refractivity contribution is 0.727. The summed E-state index contributed by atoms with van der Waals surface area (Å²) in [5, 5.41) is 3.10. The van der Waals surface area contributed by atoms with Crippen molar-refractivity contribution in [2.75, 3.05) is 5.75 Å². The van der Waals surface area contributed by atoms with Gasteiger partial charge in [-0.2, -0.15) is 0 Å². The third-order valence-electron chi connectivity index (χ3n) is 4.87. The lowest BCUT2D eigenvalue weighted by Gasteiger charge is -2.14. The van der Waals surface area contributed by atoms with E-state index in [1.54, 1.807) is 9.13 Å². The summed E-state index contributed by atoms with van der Waals surface area (Å²) in [5.41, 5.74) is 3.59. The average molecular weight is 424 g/mol. The highest BCUT2D eigenvalue weighted by Crippen LogP contribution is 2.22. The van der Waals surface area contributed by atoms with Gasteiger partial charge in [-0.3, -0.25) is 14.2 Å². The molecule has 0 aliphatic heterocycles. The maximum absolute atomic E-state index is 13.3. The minimum atomic E-state index is -0.0776. The molecule has 29 heavy (non-hydrogen) atoms. The van der Waals surface area contributed by atoms with Crippen LogP contribution in [0.1, 0.15) is 18.2 Å². The van der Waals surface area contributed by atoms with Crippen LogP contribution in [0.5, 0.6) is 0 Å². The van der Waals surface area contributed by atoms with Crippen molar-refractivity contribution in [2.24, 2.45) is 0 Å². The highest BCUT2D eigenvalue weighted by atomic mass is 32.2. The predicted octanol–water partition coefficient (Wildman–Crippen LogP) is 4.27. The van der Waals surface area contributed by atoms with Crippen LogP contribution in [0.25, 0.3) is 16.6 Å². The molecule has 2 aromatic heterocycles. The maximum atomic E-state index is 13.3. The molecule has 0 unspecified atom stereocenters. The first-order valence-electron chi connectivity index (χ1n) is 9.47. The molecule has 0 saturated heterocycles. The van der Waals surface area contributed by atoms with Gasteiger partial charge in [-0.1, -0.05) is 54.3 Å². The molecule has 0 fully saturated rings. The zero-order chi connectivity index (χ0) is 20.4. The molecule has 7 heteroatoms. The van der Waals surface area contributed by atoms with Gasteiger partial charge in [0.05, 0.1) is 16.6 Å². The van der Waals surface area contributed by atoms with Crippen molar-refractivity contribution < 1.29 is 0 Å². The molecule has 0 radical (unpaired) electrons. The molecular weight excluding hydrogens is 402 g/mol. The fourth-order valence-electron chi connectivity index (χ4n) is 3.22. The molecule has 0 saturated carbocycles. The van der Waals surface area contributed by atoms with Gasteiger partial charge in [-0.05, 0) is 43.2 Å². The fourth-order valence-corrected chi connectivity index (χ4v) is 4.92. The van der Waals surface area contributed by atoms with Gasteiger partial charge >= 0.3 is 4.87 Å². The van der Waals surface area contributed by atoms with E-state index in [-0.39, 0.29) is 10.4 Å². The molecule has 148 valence electrons. The van der Waals surface area contributed by atoms with Gasteiger partial charge in [0.15, 0.2) is 5.16 Å². The predicted molar refractivity (Wildman–Crippen MR) is 121 cm³/mol. The number of aryl methyl sites for hydroxylation is 2. The number of benzene rings is 2. The molecule has 5 nitrogen and oxygen atoms in total. The van der Waals surface area contributed by atoms with E-state index in [4.69, 9.17) is 4.98 Å². The van der Waals surface area contributed by atoms with Crippen molar-refractivity contribution >= 4 is 34.0 Å². The second-order valence-corrected chi connectivity index (χ2v) is 8.60. The Labute approximate surface area is 176 Å². The molecule has 0 bridgehead atoms. The maximum Gasteiger partial charge on any atom is 0.307 e. The highest BCUT2D eigenvalue weighted by molar-refractivity contribution is 7.99. The number of fused-ring (bicyclic) bond motifs is 1. The van der Waals surface area contributed by atoms with Crippen LogP contribution >= 0.6 is 23.1 Å². The Balaban J connectivity index is 1.74. The van der Waals surface area contributed by atoms with Crippen LogP contribution in [0.3, 0.4) is 0 Å². The van der Waals surface area contributed by atoms with Crippen LogP contribution in [0, 0.1) is 6.92 Å². The fraction of sp³-hybridized carbons (Fsp3) is 0.227. The molecule has 4 rings (SSSR count). The van der Waals surface area contributed by atoms with Gasteiger partial charge in [-0.25, -0.2) is 4.98 Å². The number of aromatic nitrogens is 3. The summed E-state index contributed by atoms with van der Waals surface area (Å²) >= 11 is 2.71. The Morgan fingerprint density at radius 2 is 1.83 bits per heavy atom. The van der Waals surface area contributed by atoms with Crippen LogP contribution in [-0.4, -0.2) is 19.9 Å². The van der Waals surface area contributed by atoms with Crippen molar-refractivity contribution in [2.45, 2.75) is 32.0 Å². The monoisotopic (exact) mass is 423 g/mol. The second-order valence-electron chi connectivity index (χ2n) is 6.72. The molecule has 0 N–H and O–H groups in total. The number of para-hydroxylation sites is 1. The van der Waals surface area contributed by atoms with Crippen LogP contribution in [-0.2, 0) is 13.0 Å². The SMILES string of the molecule is CCc1ccc(-n2c(SCCn3c(C)csc3=O)nc3ccccc3c2=O)cc1. The number of rotatable bonds is 6. The summed E-state index contributed by atoms with van der Waals surface area (Å²) in [6.45, 7) is 4.62. The molecule has 2 heterocycles. The topological polar surface area (TPSA) is 56.9 Å². The minimum Gasteiger partial charge on any atom is -0.303 e. The normalized spacial score (nSPS) is 11.2. The summed E-state index contributed by atoms with van der Waals surface area (Å²) < 4.78 is 3.44. The summed E-state index contributed by atoms with van der Waals surface area (Å²) in [4.78, 5) is 30.0. The molecular formula is C22H21N3O2S2. The lowest BCUT2D eigenvalue weighted by atomic mass is 10.1. The number of hydrogen-bond acceptors (Lipinski definition) is 5. The molecule has 0 aliphatic carbocycles. The van der Waals surface area contributed by atoms with E-state index in [1.807, 2.05) is 60.8 Å². The van der Waals surface area contributed by atoms with E-state index in [0.717, 1.165) is 17.8 Å². The summed E-state index contributed by atoms with van der Waals surface area (Å²) in [6, 6.07) is 15.4. The van der Waals surface area contributed by atoms with Gasteiger partial charge in [0, 0.05) is 23.4 Å². The average Bonchev–Trinajstić information content (AvgIpc) is 3.06. The van der Waals surface area contributed by atoms with E-state index in [9.17, 15) is 9.59 Å². The minimum absolute atomic E-state index is 0.0436. The van der Waals surface area contributed by atoms with E-state index in [1.165, 1.54) is 28.7 Å². The van der Waals surface area contributed by atoms with Crippen LogP contribution in [0.2, 0.25) is 0 Å². The van der Waals surface area contributed by atoms with Gasteiger partial charge in [0.1, 0.15) is 0 Å². The first-order chi connectivity index (χ1) is 14.1. The third-order valence-corrected chi connectivity index (χ3v) is 6.67. The van der Waals surface area contributed by atoms with Crippen molar-refractivity contribution in [1.29, 1.82) is 0 Å². The molecule has 0 atom stereocenters. The van der Waals surface area contributed by atoms with E-state index >= 15 is 0 Å². The standard InChI is InChI=1S/C22H21N3O2S2/c1-3-16-8-10-17(11-9-16)25-20(26)18-6-4-5-7-19(18)23-21(25)28-13-12-24-15(2)14-29-22(24)27/h4-11,14H,3,12-13H2,1-2H3. The Morgan fingerprint density at radius 1 is 1.07 bits per heavy atom. The summed E-state index contributed by atoms with van der Waals surface area (Å²) in [5.74, 6) is 0.648. The number of hydrogen-bond donors (Lipinski definition) is 0. The molecule has 0 aliphatic rings. The first kappa shape index (κ1) is 19.7. The van der Waals surface area contributed by atoms with Gasteiger partial charge < -0.3 is 4.57 Å².